The third-order valence-corrected chi connectivity index (χ3v) is 4.18. The summed E-state index contributed by atoms with van der Waals surface area (Å²) in [5.74, 6) is -0.349. The number of pyridine rings is 2. The van der Waals surface area contributed by atoms with Crippen LogP contribution < -0.4 is 5.32 Å². The van der Waals surface area contributed by atoms with Crippen LogP contribution in [0.25, 0.3) is 11.3 Å². The Morgan fingerprint density at radius 1 is 1.27 bits per heavy atom. The molecule has 0 saturated carbocycles. The van der Waals surface area contributed by atoms with E-state index in [9.17, 15) is 4.79 Å². The number of nitrogens with one attached hydrogen (secondary N) is 1. The Bertz CT molecular complexity index is 823. The quantitative estimate of drug-likeness (QED) is 0.720. The van der Waals surface area contributed by atoms with E-state index in [1.165, 1.54) is 23.6 Å². The summed E-state index contributed by atoms with van der Waals surface area (Å²) in [5.41, 5.74) is 1.95. The van der Waals surface area contributed by atoms with Gasteiger partial charge in [-0.15, -0.1) is 11.3 Å². The zero-order valence-electron chi connectivity index (χ0n) is 11.0. The summed E-state index contributed by atoms with van der Waals surface area (Å²) < 4.78 is 0. The molecule has 3 heterocycles. The van der Waals surface area contributed by atoms with E-state index >= 15 is 0 Å². The maximum absolute atomic E-state index is 12.1. The minimum atomic E-state index is -0.349. The van der Waals surface area contributed by atoms with E-state index in [0.29, 0.717) is 10.7 Å². The monoisotopic (exact) mass is 350 g/mol. The molecule has 0 radical (unpaired) electrons. The van der Waals surface area contributed by atoms with Gasteiger partial charge < -0.3 is 0 Å². The maximum atomic E-state index is 12.1. The Balaban J connectivity index is 1.77. The highest BCUT2D eigenvalue weighted by Gasteiger charge is 2.12. The molecule has 3 rings (SSSR count). The number of hydrogen-bond donors (Lipinski definition) is 1. The third kappa shape index (κ3) is 3.24. The van der Waals surface area contributed by atoms with Crippen LogP contribution in [0.3, 0.4) is 0 Å². The van der Waals surface area contributed by atoms with E-state index in [2.05, 4.69) is 20.3 Å². The number of thiazole rings is 1. The molecule has 5 nitrogen and oxygen atoms in total. The first kappa shape index (κ1) is 14.9. The fraction of sp³-hybridized carbons (Fsp3) is 0. The third-order valence-electron chi connectivity index (χ3n) is 2.74. The van der Waals surface area contributed by atoms with Gasteiger partial charge in [0.2, 0.25) is 0 Å². The van der Waals surface area contributed by atoms with E-state index in [-0.39, 0.29) is 16.1 Å². The first-order valence-electron chi connectivity index (χ1n) is 6.12. The fourth-order valence-corrected chi connectivity index (χ4v) is 2.68. The van der Waals surface area contributed by atoms with E-state index < -0.39 is 0 Å². The minimum Gasteiger partial charge on any atom is -0.298 e. The maximum Gasteiger partial charge on any atom is 0.259 e. The molecule has 22 heavy (non-hydrogen) atoms. The lowest BCUT2D eigenvalue weighted by Gasteiger charge is -2.02. The Kier molecular flexibility index (Phi) is 4.33. The number of anilines is 1. The lowest BCUT2D eigenvalue weighted by molar-refractivity contribution is 0.102. The van der Waals surface area contributed by atoms with Crippen molar-refractivity contribution in [2.75, 3.05) is 5.32 Å². The highest BCUT2D eigenvalue weighted by atomic mass is 35.5. The second-order valence-corrected chi connectivity index (χ2v) is 5.85. The molecule has 3 aromatic rings. The molecule has 0 aliphatic heterocycles. The van der Waals surface area contributed by atoms with Crippen LogP contribution in [0.15, 0.2) is 42.2 Å². The van der Waals surface area contributed by atoms with Gasteiger partial charge in [0.05, 0.1) is 16.3 Å². The van der Waals surface area contributed by atoms with Crippen LogP contribution in [0, 0.1) is 0 Å². The molecule has 1 amide bonds. The predicted octanol–water partition coefficient (Wildman–Crippen LogP) is 4.16. The van der Waals surface area contributed by atoms with Crippen molar-refractivity contribution in [3.63, 3.8) is 0 Å². The van der Waals surface area contributed by atoms with E-state index in [0.717, 1.165) is 11.3 Å². The van der Waals surface area contributed by atoms with Gasteiger partial charge in [-0.2, -0.15) is 0 Å². The molecule has 0 bridgehead atoms. The van der Waals surface area contributed by atoms with Gasteiger partial charge in [0.25, 0.3) is 5.91 Å². The molecule has 1 N–H and O–H groups in total. The molecule has 8 heteroatoms. The lowest BCUT2D eigenvalue weighted by Crippen LogP contribution is -2.12. The highest BCUT2D eigenvalue weighted by molar-refractivity contribution is 7.14. The number of amides is 1. The summed E-state index contributed by atoms with van der Waals surface area (Å²) in [5, 5.41) is 5.41. The lowest BCUT2D eigenvalue weighted by atomic mass is 10.2. The number of halogens is 2. The van der Waals surface area contributed by atoms with Gasteiger partial charge >= 0.3 is 0 Å². The summed E-state index contributed by atoms with van der Waals surface area (Å²) >= 11 is 12.9. The highest BCUT2D eigenvalue weighted by Crippen LogP contribution is 2.25. The molecule has 0 aliphatic carbocycles. The average molecular weight is 351 g/mol. The first-order valence-corrected chi connectivity index (χ1v) is 7.75. The second kappa shape index (κ2) is 6.39. The summed E-state index contributed by atoms with van der Waals surface area (Å²) in [7, 11) is 0. The van der Waals surface area contributed by atoms with Crippen molar-refractivity contribution < 1.29 is 4.79 Å². The number of carbonyl (C=O) groups excluding carboxylic acids is 1. The van der Waals surface area contributed by atoms with Crippen molar-refractivity contribution in [1.82, 2.24) is 15.0 Å². The molecule has 3 aromatic heterocycles. The van der Waals surface area contributed by atoms with Crippen LogP contribution in [0.2, 0.25) is 10.2 Å². The Morgan fingerprint density at radius 3 is 2.86 bits per heavy atom. The Hall–Kier alpha value is -2.02. The number of aromatic nitrogens is 3. The van der Waals surface area contributed by atoms with Gasteiger partial charge in [-0.1, -0.05) is 23.2 Å². The summed E-state index contributed by atoms with van der Waals surface area (Å²) in [4.78, 5) is 24.4. The Morgan fingerprint density at radius 2 is 2.14 bits per heavy atom. The van der Waals surface area contributed by atoms with Crippen LogP contribution in [0.4, 0.5) is 5.13 Å². The zero-order chi connectivity index (χ0) is 15.5. The smallest absolute Gasteiger partial charge is 0.259 e. The van der Waals surface area contributed by atoms with Crippen LogP contribution in [-0.4, -0.2) is 20.9 Å². The first-order chi connectivity index (χ1) is 10.6. The van der Waals surface area contributed by atoms with E-state index in [1.807, 2.05) is 17.5 Å². The molecule has 0 unspecified atom stereocenters. The van der Waals surface area contributed by atoms with E-state index in [1.54, 1.807) is 12.4 Å². The number of hydrogen-bond acceptors (Lipinski definition) is 5. The molecule has 0 spiro atoms. The van der Waals surface area contributed by atoms with Crippen molar-refractivity contribution in [1.29, 1.82) is 0 Å². The van der Waals surface area contributed by atoms with Crippen molar-refractivity contribution in [2.45, 2.75) is 0 Å². The van der Waals surface area contributed by atoms with Gasteiger partial charge in [-0.25, -0.2) is 9.97 Å². The molecule has 0 aromatic carbocycles. The molecular formula is C14H8Cl2N4OS. The molecule has 0 saturated heterocycles. The van der Waals surface area contributed by atoms with Crippen molar-refractivity contribution in [3.05, 3.63) is 57.9 Å². The molecule has 110 valence electrons. The number of nitrogens with zero attached hydrogens (tertiary/aromatic N) is 3. The van der Waals surface area contributed by atoms with Gasteiger partial charge in [0.15, 0.2) is 5.13 Å². The van der Waals surface area contributed by atoms with Crippen LogP contribution in [0.5, 0.6) is 0 Å². The number of carbonyl (C=O) groups is 1. The van der Waals surface area contributed by atoms with Crippen LogP contribution >= 0.6 is 34.5 Å². The summed E-state index contributed by atoms with van der Waals surface area (Å²) in [6.07, 6.45) is 4.76. The van der Waals surface area contributed by atoms with Crippen molar-refractivity contribution >= 4 is 45.6 Å². The topological polar surface area (TPSA) is 67.8 Å². The number of rotatable bonds is 3. The SMILES string of the molecule is O=C(Nc1nc(-c2cccnc2)cs1)c1cnc(Cl)c(Cl)c1. The van der Waals surface area contributed by atoms with Gasteiger partial charge in [-0.3, -0.25) is 15.1 Å². The molecule has 0 aliphatic rings. The molecule has 0 atom stereocenters. The molecule has 0 fully saturated rings. The van der Waals surface area contributed by atoms with E-state index in [4.69, 9.17) is 23.2 Å². The fourth-order valence-electron chi connectivity index (χ4n) is 1.69. The Labute approximate surface area is 140 Å². The van der Waals surface area contributed by atoms with Crippen LogP contribution in [-0.2, 0) is 0 Å². The van der Waals surface area contributed by atoms with Crippen molar-refractivity contribution in [2.24, 2.45) is 0 Å². The van der Waals surface area contributed by atoms with Crippen LogP contribution in [0.1, 0.15) is 10.4 Å². The van der Waals surface area contributed by atoms with Crippen molar-refractivity contribution in [3.8, 4) is 11.3 Å². The van der Waals surface area contributed by atoms with Gasteiger partial charge in [0.1, 0.15) is 5.15 Å². The second-order valence-electron chi connectivity index (χ2n) is 4.23. The average Bonchev–Trinajstić information content (AvgIpc) is 2.99. The summed E-state index contributed by atoms with van der Waals surface area (Å²) in [6, 6.07) is 5.19. The minimum absolute atomic E-state index is 0.159. The predicted molar refractivity (Wildman–Crippen MR) is 87.6 cm³/mol. The van der Waals surface area contributed by atoms with Gasteiger partial charge in [-0.05, 0) is 18.2 Å². The normalized spacial score (nSPS) is 10.5. The molecular weight excluding hydrogens is 343 g/mol. The zero-order valence-corrected chi connectivity index (χ0v) is 13.3. The summed E-state index contributed by atoms with van der Waals surface area (Å²) in [6.45, 7) is 0. The van der Waals surface area contributed by atoms with Gasteiger partial charge in [0, 0.05) is 29.5 Å². The largest absolute Gasteiger partial charge is 0.298 e. The standard InChI is InChI=1S/C14H8Cl2N4OS/c15-10-4-9(6-18-12(10)16)13(21)20-14-19-11(7-22-14)8-2-1-3-17-5-8/h1-7H,(H,19,20,21).